The fourth-order valence-electron chi connectivity index (χ4n) is 3.70. The Balaban J connectivity index is 2.08. The molecule has 11 nitrogen and oxygen atoms in total. The minimum atomic E-state index is -0.667. The van der Waals surface area contributed by atoms with Crippen LogP contribution in [0.5, 0.6) is 0 Å². The predicted molar refractivity (Wildman–Crippen MR) is 161 cm³/mol. The lowest BCUT2D eigenvalue weighted by Gasteiger charge is -2.22. The van der Waals surface area contributed by atoms with Crippen LogP contribution in [0.4, 0.5) is 5.69 Å². The van der Waals surface area contributed by atoms with Crippen molar-refractivity contribution in [1.29, 1.82) is 0 Å². The summed E-state index contributed by atoms with van der Waals surface area (Å²) < 4.78 is 32.3. The second-order valence-electron chi connectivity index (χ2n) is 10.2. The molecule has 1 aromatic carbocycles. The second kappa shape index (κ2) is 24.1. The number of amides is 2. The maximum Gasteiger partial charge on any atom is 0.227 e. The van der Waals surface area contributed by atoms with Crippen molar-refractivity contribution >= 4 is 23.3 Å². The van der Waals surface area contributed by atoms with Crippen LogP contribution in [0.1, 0.15) is 46.1 Å². The smallest absolute Gasteiger partial charge is 0.227 e. The van der Waals surface area contributed by atoms with Gasteiger partial charge in [0, 0.05) is 31.1 Å². The van der Waals surface area contributed by atoms with E-state index in [0.717, 1.165) is 5.56 Å². The molecule has 0 fully saturated rings. The van der Waals surface area contributed by atoms with E-state index in [1.807, 2.05) is 52.0 Å². The van der Waals surface area contributed by atoms with Crippen molar-refractivity contribution in [1.82, 2.24) is 5.32 Å². The fourth-order valence-corrected chi connectivity index (χ4v) is 3.70. The van der Waals surface area contributed by atoms with E-state index >= 15 is 0 Å². The number of ether oxygens (including phenoxy) is 6. The van der Waals surface area contributed by atoms with E-state index in [2.05, 4.69) is 10.6 Å². The maximum absolute atomic E-state index is 12.9. The van der Waals surface area contributed by atoms with Gasteiger partial charge in [-0.05, 0) is 31.9 Å². The summed E-state index contributed by atoms with van der Waals surface area (Å²) in [6.45, 7) is 15.1. The average Bonchev–Trinajstić information content (AvgIpc) is 2.96. The van der Waals surface area contributed by atoms with E-state index in [-0.39, 0.29) is 43.0 Å². The molecule has 0 aliphatic heterocycles. The molecule has 0 radical (unpaired) electrons. The zero-order chi connectivity index (χ0) is 31.0. The van der Waals surface area contributed by atoms with Crippen LogP contribution < -0.4 is 10.6 Å². The van der Waals surface area contributed by atoms with Crippen LogP contribution >= 0.6 is 0 Å². The zero-order valence-corrected chi connectivity index (χ0v) is 26.1. The highest BCUT2D eigenvalue weighted by atomic mass is 16.6. The first-order valence-electron chi connectivity index (χ1n) is 14.9. The third kappa shape index (κ3) is 18.9. The summed E-state index contributed by atoms with van der Waals surface area (Å²) in [5.74, 6) is -1.31. The lowest BCUT2D eigenvalue weighted by atomic mass is 9.92. The summed E-state index contributed by atoms with van der Waals surface area (Å²) in [6.07, 6.45) is 0.163. The van der Waals surface area contributed by atoms with Gasteiger partial charge in [0.1, 0.15) is 0 Å². The Morgan fingerprint density at radius 1 is 0.690 bits per heavy atom. The Labute approximate surface area is 251 Å². The molecule has 0 aromatic heterocycles. The van der Waals surface area contributed by atoms with E-state index in [9.17, 15) is 14.4 Å². The van der Waals surface area contributed by atoms with Crippen molar-refractivity contribution in [2.24, 2.45) is 11.8 Å². The summed E-state index contributed by atoms with van der Waals surface area (Å²) in [4.78, 5) is 37.9. The highest BCUT2D eigenvalue weighted by molar-refractivity contribution is 5.97. The van der Waals surface area contributed by atoms with Gasteiger partial charge >= 0.3 is 0 Å². The van der Waals surface area contributed by atoms with Crippen molar-refractivity contribution in [3.8, 4) is 0 Å². The molecule has 0 heterocycles. The number of Topliss-reactive ketones (excluding diaryl/α,β-unsaturated/α-hetero) is 1. The number of rotatable bonds is 26. The van der Waals surface area contributed by atoms with E-state index in [0.29, 0.717) is 78.4 Å². The normalized spacial score (nSPS) is 12.7. The standard InChI is InChI=1S/C31H52N2O9/c1-6-37-13-14-39-17-18-41-21-22-42-20-19-40-16-15-38-12-11-29(35)33-30(24(2)3)28(34)23-26(5)31(36)32-27-9-7-25(4)8-10-27/h7-10,24,26,30H,6,11-23H2,1-5H3,(H,32,36)(H,33,35)/t26-,30?/m1/s1. The molecule has 42 heavy (non-hydrogen) atoms. The Morgan fingerprint density at radius 3 is 1.60 bits per heavy atom. The van der Waals surface area contributed by atoms with Crippen LogP contribution in [0.2, 0.25) is 0 Å². The largest absolute Gasteiger partial charge is 0.379 e. The highest BCUT2D eigenvalue weighted by Crippen LogP contribution is 2.15. The molecule has 0 spiro atoms. The van der Waals surface area contributed by atoms with Gasteiger partial charge in [-0.15, -0.1) is 0 Å². The molecule has 240 valence electrons. The number of hydrogen-bond donors (Lipinski definition) is 2. The van der Waals surface area contributed by atoms with Crippen molar-refractivity contribution in [3.05, 3.63) is 29.8 Å². The molecular formula is C31H52N2O9. The Hall–Kier alpha value is -2.41. The van der Waals surface area contributed by atoms with Gasteiger partial charge in [-0.2, -0.15) is 0 Å². The molecule has 0 bridgehead atoms. The fraction of sp³-hybridized carbons (Fsp3) is 0.710. The van der Waals surface area contributed by atoms with Crippen LogP contribution in [0.15, 0.2) is 24.3 Å². The Bertz CT molecular complexity index is 864. The monoisotopic (exact) mass is 596 g/mol. The van der Waals surface area contributed by atoms with Gasteiger partial charge in [0.05, 0.1) is 78.7 Å². The molecular weight excluding hydrogens is 544 g/mol. The molecule has 2 amide bonds. The number of aryl methyl sites for hydroxylation is 1. The van der Waals surface area contributed by atoms with E-state index < -0.39 is 12.0 Å². The summed E-state index contributed by atoms with van der Waals surface area (Å²) in [5, 5.41) is 5.64. The first kappa shape index (κ1) is 37.6. The zero-order valence-electron chi connectivity index (χ0n) is 26.1. The quantitative estimate of drug-likeness (QED) is 0.155. The van der Waals surface area contributed by atoms with Crippen molar-refractivity contribution in [3.63, 3.8) is 0 Å². The van der Waals surface area contributed by atoms with Gasteiger partial charge in [0.25, 0.3) is 0 Å². The summed E-state index contributed by atoms with van der Waals surface area (Å²) in [5.41, 5.74) is 1.78. The number of carbonyl (C=O) groups excluding carboxylic acids is 3. The minimum Gasteiger partial charge on any atom is -0.379 e. The molecule has 1 unspecified atom stereocenters. The Kier molecular flexibility index (Phi) is 21.6. The molecule has 0 saturated carbocycles. The van der Waals surface area contributed by atoms with Crippen LogP contribution in [0.25, 0.3) is 0 Å². The van der Waals surface area contributed by atoms with E-state index in [4.69, 9.17) is 28.4 Å². The summed E-state index contributed by atoms with van der Waals surface area (Å²) >= 11 is 0. The molecule has 0 aliphatic rings. The lowest BCUT2D eigenvalue weighted by molar-refractivity contribution is -0.131. The molecule has 2 atom stereocenters. The van der Waals surface area contributed by atoms with E-state index in [1.165, 1.54) is 0 Å². The van der Waals surface area contributed by atoms with Crippen molar-refractivity contribution in [2.75, 3.05) is 84.6 Å². The van der Waals surface area contributed by atoms with Gasteiger partial charge < -0.3 is 39.1 Å². The molecule has 0 saturated heterocycles. The van der Waals surface area contributed by atoms with Gasteiger partial charge in [0.2, 0.25) is 11.8 Å². The average molecular weight is 597 g/mol. The predicted octanol–water partition coefficient (Wildman–Crippen LogP) is 3.18. The minimum absolute atomic E-state index is 0.0374. The van der Waals surface area contributed by atoms with Crippen LogP contribution in [0.3, 0.4) is 0 Å². The number of benzene rings is 1. The molecule has 11 heteroatoms. The SMILES string of the molecule is CCOCCOCCOCCOCCOCCOCCC(=O)NC(C(=O)C[C@@H](C)C(=O)Nc1ccc(C)cc1)C(C)C. The first-order valence-corrected chi connectivity index (χ1v) is 14.9. The Morgan fingerprint density at radius 2 is 1.14 bits per heavy atom. The molecule has 0 aliphatic carbocycles. The number of carbonyl (C=O) groups is 3. The summed E-state index contributed by atoms with van der Waals surface area (Å²) in [7, 11) is 0. The lowest BCUT2D eigenvalue weighted by Crippen LogP contribution is -2.45. The van der Waals surface area contributed by atoms with Crippen LogP contribution in [-0.4, -0.2) is 103 Å². The van der Waals surface area contributed by atoms with Crippen molar-refractivity contribution in [2.45, 2.75) is 53.5 Å². The van der Waals surface area contributed by atoms with Crippen LogP contribution in [0, 0.1) is 18.8 Å². The molecule has 2 N–H and O–H groups in total. The third-order valence-corrected chi connectivity index (χ3v) is 6.14. The van der Waals surface area contributed by atoms with Gasteiger partial charge in [0.15, 0.2) is 5.78 Å². The second-order valence-corrected chi connectivity index (χ2v) is 10.2. The maximum atomic E-state index is 12.9. The van der Waals surface area contributed by atoms with E-state index in [1.54, 1.807) is 6.92 Å². The van der Waals surface area contributed by atoms with Gasteiger partial charge in [-0.1, -0.05) is 38.5 Å². The van der Waals surface area contributed by atoms with Gasteiger partial charge in [-0.3, -0.25) is 14.4 Å². The third-order valence-electron chi connectivity index (χ3n) is 6.14. The number of anilines is 1. The molecule has 1 aromatic rings. The van der Waals surface area contributed by atoms with Crippen LogP contribution in [-0.2, 0) is 42.8 Å². The van der Waals surface area contributed by atoms with Gasteiger partial charge in [-0.25, -0.2) is 0 Å². The topological polar surface area (TPSA) is 131 Å². The summed E-state index contributed by atoms with van der Waals surface area (Å²) in [6, 6.07) is 6.80. The molecule has 1 rings (SSSR count). The first-order chi connectivity index (χ1) is 20.2. The van der Waals surface area contributed by atoms with Crippen molar-refractivity contribution < 1.29 is 42.8 Å². The number of hydrogen-bond acceptors (Lipinski definition) is 9. The highest BCUT2D eigenvalue weighted by Gasteiger charge is 2.27. The number of ketones is 1. The number of nitrogens with one attached hydrogen (secondary N) is 2.